The smallest absolute Gasteiger partial charge is 0.129 e. The fraction of sp³-hybridized carbons (Fsp3) is 0.100. The Balaban J connectivity index is 1.64. The standard InChI is InChI=1S/C20H20N2O2/c21-16-6-9-18(10-7-16)23-12-13-24-20-14-17(22)8-11-19(20)15-4-2-1-3-5-15/h1-11,14H,12-13,21-22H2. The first-order valence-electron chi connectivity index (χ1n) is 7.78. The molecule has 3 aromatic carbocycles. The Morgan fingerprint density at radius 3 is 2.08 bits per heavy atom. The van der Waals surface area contributed by atoms with E-state index in [0.29, 0.717) is 24.6 Å². The van der Waals surface area contributed by atoms with E-state index in [4.69, 9.17) is 20.9 Å². The van der Waals surface area contributed by atoms with Gasteiger partial charge in [-0.3, -0.25) is 0 Å². The second-order valence-corrected chi connectivity index (χ2v) is 5.39. The highest BCUT2D eigenvalue weighted by Gasteiger charge is 2.07. The van der Waals surface area contributed by atoms with Crippen molar-refractivity contribution in [2.24, 2.45) is 0 Å². The van der Waals surface area contributed by atoms with E-state index < -0.39 is 0 Å². The van der Waals surface area contributed by atoms with Crippen LogP contribution in [-0.4, -0.2) is 13.2 Å². The molecule has 4 heteroatoms. The van der Waals surface area contributed by atoms with E-state index in [2.05, 4.69) is 0 Å². The van der Waals surface area contributed by atoms with E-state index in [-0.39, 0.29) is 0 Å². The molecule has 0 fully saturated rings. The van der Waals surface area contributed by atoms with E-state index in [1.165, 1.54) is 0 Å². The fourth-order valence-electron chi connectivity index (χ4n) is 2.39. The summed E-state index contributed by atoms with van der Waals surface area (Å²) in [5, 5.41) is 0. The van der Waals surface area contributed by atoms with Crippen LogP contribution in [0.15, 0.2) is 72.8 Å². The minimum absolute atomic E-state index is 0.424. The molecule has 0 unspecified atom stereocenters. The number of hydrogen-bond donors (Lipinski definition) is 2. The molecule has 0 aliphatic carbocycles. The second kappa shape index (κ2) is 7.42. The molecule has 24 heavy (non-hydrogen) atoms. The van der Waals surface area contributed by atoms with Gasteiger partial charge in [0.15, 0.2) is 0 Å². The summed E-state index contributed by atoms with van der Waals surface area (Å²) in [6, 6.07) is 23.1. The lowest BCUT2D eigenvalue weighted by Crippen LogP contribution is -2.09. The van der Waals surface area contributed by atoms with Gasteiger partial charge in [0, 0.05) is 23.0 Å². The first-order chi connectivity index (χ1) is 11.7. The number of hydrogen-bond acceptors (Lipinski definition) is 4. The molecule has 0 bridgehead atoms. The molecule has 0 saturated heterocycles. The van der Waals surface area contributed by atoms with Gasteiger partial charge in [0.25, 0.3) is 0 Å². The molecule has 0 aromatic heterocycles. The second-order valence-electron chi connectivity index (χ2n) is 5.39. The molecule has 0 atom stereocenters. The van der Waals surface area contributed by atoms with Crippen LogP contribution in [0.25, 0.3) is 11.1 Å². The summed E-state index contributed by atoms with van der Waals surface area (Å²) < 4.78 is 11.5. The van der Waals surface area contributed by atoms with Crippen molar-refractivity contribution in [3.63, 3.8) is 0 Å². The third-order valence-electron chi connectivity index (χ3n) is 3.58. The lowest BCUT2D eigenvalue weighted by molar-refractivity contribution is 0.218. The Labute approximate surface area is 141 Å². The molecule has 4 N–H and O–H groups in total. The van der Waals surface area contributed by atoms with Crippen molar-refractivity contribution < 1.29 is 9.47 Å². The van der Waals surface area contributed by atoms with Crippen LogP contribution in [0, 0.1) is 0 Å². The first-order valence-corrected chi connectivity index (χ1v) is 7.78. The molecule has 0 saturated carbocycles. The van der Waals surface area contributed by atoms with Crippen LogP contribution in [0.1, 0.15) is 0 Å². The third-order valence-corrected chi connectivity index (χ3v) is 3.58. The van der Waals surface area contributed by atoms with E-state index in [1.807, 2.05) is 72.8 Å². The van der Waals surface area contributed by atoms with Crippen molar-refractivity contribution >= 4 is 11.4 Å². The number of ether oxygens (including phenoxy) is 2. The number of nitrogen functional groups attached to an aromatic ring is 2. The van der Waals surface area contributed by atoms with Crippen molar-refractivity contribution in [2.45, 2.75) is 0 Å². The van der Waals surface area contributed by atoms with Crippen molar-refractivity contribution in [1.82, 2.24) is 0 Å². The van der Waals surface area contributed by atoms with Gasteiger partial charge in [-0.15, -0.1) is 0 Å². The van der Waals surface area contributed by atoms with Crippen LogP contribution in [0.4, 0.5) is 11.4 Å². The summed E-state index contributed by atoms with van der Waals surface area (Å²) in [4.78, 5) is 0. The molecule has 0 amide bonds. The first kappa shape index (κ1) is 15.7. The summed E-state index contributed by atoms with van der Waals surface area (Å²) in [5.74, 6) is 1.52. The Kier molecular flexibility index (Phi) is 4.87. The van der Waals surface area contributed by atoms with Crippen molar-refractivity contribution in [3.05, 3.63) is 72.8 Å². The van der Waals surface area contributed by atoms with E-state index in [0.717, 1.165) is 22.6 Å². The summed E-state index contributed by atoms with van der Waals surface area (Å²) in [5.41, 5.74) is 15.0. The van der Waals surface area contributed by atoms with Gasteiger partial charge in [-0.2, -0.15) is 0 Å². The summed E-state index contributed by atoms with van der Waals surface area (Å²) >= 11 is 0. The van der Waals surface area contributed by atoms with Gasteiger partial charge in [-0.25, -0.2) is 0 Å². The highest BCUT2D eigenvalue weighted by Crippen LogP contribution is 2.31. The van der Waals surface area contributed by atoms with Crippen LogP contribution in [0.5, 0.6) is 11.5 Å². The van der Waals surface area contributed by atoms with Gasteiger partial charge >= 0.3 is 0 Å². The van der Waals surface area contributed by atoms with Gasteiger partial charge in [-0.1, -0.05) is 30.3 Å². The summed E-state index contributed by atoms with van der Waals surface area (Å²) in [6.45, 7) is 0.862. The Morgan fingerprint density at radius 2 is 1.33 bits per heavy atom. The molecule has 0 aliphatic heterocycles. The maximum Gasteiger partial charge on any atom is 0.129 e. The molecule has 0 radical (unpaired) electrons. The zero-order valence-corrected chi connectivity index (χ0v) is 13.3. The zero-order valence-electron chi connectivity index (χ0n) is 13.3. The summed E-state index contributed by atoms with van der Waals surface area (Å²) in [6.07, 6.45) is 0. The molecule has 0 aliphatic rings. The van der Waals surface area contributed by atoms with Gasteiger partial charge in [0.05, 0.1) is 0 Å². The average Bonchev–Trinajstić information content (AvgIpc) is 2.61. The third kappa shape index (κ3) is 3.98. The number of anilines is 2. The molecular formula is C20H20N2O2. The van der Waals surface area contributed by atoms with Gasteiger partial charge in [0.1, 0.15) is 24.7 Å². The number of benzene rings is 3. The topological polar surface area (TPSA) is 70.5 Å². The van der Waals surface area contributed by atoms with Gasteiger partial charge in [-0.05, 0) is 42.0 Å². The Bertz CT molecular complexity index is 786. The van der Waals surface area contributed by atoms with Crippen LogP contribution in [0.3, 0.4) is 0 Å². The molecule has 3 rings (SSSR count). The predicted octanol–water partition coefficient (Wildman–Crippen LogP) is 3.98. The van der Waals surface area contributed by atoms with Crippen LogP contribution in [-0.2, 0) is 0 Å². The zero-order chi connectivity index (χ0) is 16.8. The van der Waals surface area contributed by atoms with Crippen molar-refractivity contribution in [2.75, 3.05) is 24.7 Å². The summed E-state index contributed by atoms with van der Waals surface area (Å²) in [7, 11) is 0. The average molecular weight is 320 g/mol. The van der Waals surface area contributed by atoms with E-state index in [9.17, 15) is 0 Å². The predicted molar refractivity (Wildman–Crippen MR) is 98.1 cm³/mol. The lowest BCUT2D eigenvalue weighted by atomic mass is 10.0. The highest BCUT2D eigenvalue weighted by molar-refractivity contribution is 5.72. The van der Waals surface area contributed by atoms with Crippen molar-refractivity contribution in [3.8, 4) is 22.6 Å². The van der Waals surface area contributed by atoms with Crippen LogP contribution < -0.4 is 20.9 Å². The maximum absolute atomic E-state index is 5.89. The Morgan fingerprint density at radius 1 is 0.667 bits per heavy atom. The molecule has 3 aromatic rings. The highest BCUT2D eigenvalue weighted by atomic mass is 16.5. The molecular weight excluding hydrogens is 300 g/mol. The van der Waals surface area contributed by atoms with Gasteiger partial charge in [0.2, 0.25) is 0 Å². The minimum Gasteiger partial charge on any atom is -0.490 e. The maximum atomic E-state index is 5.89. The van der Waals surface area contributed by atoms with E-state index in [1.54, 1.807) is 0 Å². The SMILES string of the molecule is Nc1ccc(OCCOc2cc(N)ccc2-c2ccccc2)cc1. The lowest BCUT2D eigenvalue weighted by Gasteiger charge is -2.13. The molecule has 122 valence electrons. The normalized spacial score (nSPS) is 10.3. The molecule has 4 nitrogen and oxygen atoms in total. The molecule has 0 spiro atoms. The van der Waals surface area contributed by atoms with Crippen molar-refractivity contribution in [1.29, 1.82) is 0 Å². The van der Waals surface area contributed by atoms with E-state index >= 15 is 0 Å². The minimum atomic E-state index is 0.424. The fourth-order valence-corrected chi connectivity index (χ4v) is 2.39. The molecule has 0 heterocycles. The largest absolute Gasteiger partial charge is 0.490 e. The van der Waals surface area contributed by atoms with Gasteiger partial charge < -0.3 is 20.9 Å². The van der Waals surface area contributed by atoms with Crippen LogP contribution >= 0.6 is 0 Å². The quantitative estimate of drug-likeness (QED) is 0.532. The van der Waals surface area contributed by atoms with Crippen LogP contribution in [0.2, 0.25) is 0 Å². The monoisotopic (exact) mass is 320 g/mol. The number of rotatable bonds is 6. The number of nitrogens with two attached hydrogens (primary N) is 2. The Hall–Kier alpha value is -3.14.